The molecule has 7 heteroatoms. The highest BCUT2D eigenvalue weighted by Gasteiger charge is 2.47. The number of H-pyrrole nitrogens is 1. The molecule has 1 heterocycles. The molecular formula is C27H29FN2O4. The zero-order chi connectivity index (χ0) is 24.1. The number of methoxy groups -OCH3 is 1. The first-order chi connectivity index (χ1) is 16.5. The summed E-state index contributed by atoms with van der Waals surface area (Å²) in [6, 6.07) is 13.6. The normalized spacial score (nSPS) is 18.8. The summed E-state index contributed by atoms with van der Waals surface area (Å²) in [6.45, 7) is 1.94. The van der Waals surface area contributed by atoms with Gasteiger partial charge in [-0.3, -0.25) is 4.79 Å². The van der Waals surface area contributed by atoms with E-state index in [2.05, 4.69) is 10.3 Å². The summed E-state index contributed by atoms with van der Waals surface area (Å²) in [6.07, 6.45) is 6.01. The lowest BCUT2D eigenvalue weighted by molar-refractivity contribution is -0.144. The average Bonchev–Trinajstić information content (AvgIpc) is 3.26. The van der Waals surface area contributed by atoms with E-state index in [0.717, 1.165) is 22.0 Å². The summed E-state index contributed by atoms with van der Waals surface area (Å²) in [5.74, 6) is -0.404. The molecule has 1 amide bonds. The molecule has 0 radical (unpaired) electrons. The van der Waals surface area contributed by atoms with Gasteiger partial charge in [-0.2, -0.15) is 0 Å². The van der Waals surface area contributed by atoms with Crippen LogP contribution in [0.4, 0.5) is 4.39 Å². The minimum Gasteiger partial charge on any atom is -0.495 e. The highest BCUT2D eigenvalue weighted by Crippen LogP contribution is 2.38. The molecule has 0 saturated carbocycles. The summed E-state index contributed by atoms with van der Waals surface area (Å²) < 4.78 is 25.5. The van der Waals surface area contributed by atoms with Crippen molar-refractivity contribution in [1.29, 1.82) is 0 Å². The SMILES string of the molecule is CCOC1=CC=C(c2cccc(F)c2)CC1(OC)C(=O)N[C@@H](CO)Cc1c[nH]c2ccccc12. The maximum atomic E-state index is 13.9. The van der Waals surface area contributed by atoms with Gasteiger partial charge in [0.05, 0.1) is 19.3 Å². The number of carbonyl (C=O) groups is 1. The molecule has 1 aliphatic rings. The zero-order valence-electron chi connectivity index (χ0n) is 19.3. The number of allylic oxidation sites excluding steroid dienone is 2. The first-order valence-corrected chi connectivity index (χ1v) is 11.3. The van der Waals surface area contributed by atoms with Gasteiger partial charge in [0.2, 0.25) is 5.60 Å². The largest absolute Gasteiger partial charge is 0.495 e. The summed E-state index contributed by atoms with van der Waals surface area (Å²) in [5.41, 5.74) is 1.95. The van der Waals surface area contributed by atoms with E-state index in [1.807, 2.05) is 43.5 Å². The lowest BCUT2D eigenvalue weighted by Gasteiger charge is -2.36. The molecule has 4 rings (SSSR count). The van der Waals surface area contributed by atoms with Crippen molar-refractivity contribution in [1.82, 2.24) is 10.3 Å². The Labute approximate surface area is 198 Å². The molecule has 0 bridgehead atoms. The fourth-order valence-corrected chi connectivity index (χ4v) is 4.42. The highest BCUT2D eigenvalue weighted by atomic mass is 19.1. The number of ether oxygens (including phenoxy) is 2. The second-order valence-electron chi connectivity index (χ2n) is 8.29. The average molecular weight is 465 g/mol. The van der Waals surface area contributed by atoms with Crippen molar-refractivity contribution >= 4 is 22.4 Å². The summed E-state index contributed by atoms with van der Waals surface area (Å²) in [5, 5.41) is 14.1. The molecule has 0 fully saturated rings. The van der Waals surface area contributed by atoms with Gasteiger partial charge in [0, 0.05) is 30.6 Å². The van der Waals surface area contributed by atoms with Gasteiger partial charge in [0.1, 0.15) is 11.6 Å². The van der Waals surface area contributed by atoms with Crippen molar-refractivity contribution in [3.8, 4) is 0 Å². The van der Waals surface area contributed by atoms with Gasteiger partial charge in [-0.1, -0.05) is 36.4 Å². The van der Waals surface area contributed by atoms with E-state index in [4.69, 9.17) is 9.47 Å². The molecule has 0 spiro atoms. The number of aromatic nitrogens is 1. The molecular weight excluding hydrogens is 435 g/mol. The quantitative estimate of drug-likeness (QED) is 0.445. The molecule has 2 atom stereocenters. The van der Waals surface area contributed by atoms with E-state index < -0.39 is 17.6 Å². The maximum absolute atomic E-state index is 13.9. The molecule has 178 valence electrons. The first-order valence-electron chi connectivity index (χ1n) is 11.3. The smallest absolute Gasteiger partial charge is 0.260 e. The molecule has 6 nitrogen and oxygen atoms in total. The number of aliphatic hydroxyl groups excluding tert-OH is 1. The van der Waals surface area contributed by atoms with Gasteiger partial charge >= 0.3 is 0 Å². The number of hydrogen-bond donors (Lipinski definition) is 3. The number of carbonyl (C=O) groups excluding carboxylic acids is 1. The Bertz CT molecular complexity index is 1230. The van der Waals surface area contributed by atoms with Gasteiger partial charge in [-0.15, -0.1) is 0 Å². The lowest BCUT2D eigenvalue weighted by Crippen LogP contribution is -2.55. The minimum atomic E-state index is -1.44. The Morgan fingerprint density at radius 3 is 2.79 bits per heavy atom. The number of amides is 1. The van der Waals surface area contributed by atoms with Crippen LogP contribution in [0.2, 0.25) is 0 Å². The number of aliphatic hydroxyl groups is 1. The van der Waals surface area contributed by atoms with E-state index >= 15 is 0 Å². The molecule has 1 unspecified atom stereocenters. The van der Waals surface area contributed by atoms with Crippen molar-refractivity contribution < 1.29 is 23.8 Å². The number of aromatic amines is 1. The molecule has 3 aromatic rings. The first kappa shape index (κ1) is 23.7. The van der Waals surface area contributed by atoms with Crippen molar-refractivity contribution in [2.75, 3.05) is 20.3 Å². The molecule has 34 heavy (non-hydrogen) atoms. The molecule has 3 N–H and O–H groups in total. The molecule has 0 aliphatic heterocycles. The van der Waals surface area contributed by atoms with Crippen molar-refractivity contribution in [3.63, 3.8) is 0 Å². The van der Waals surface area contributed by atoms with E-state index in [-0.39, 0.29) is 18.8 Å². The van der Waals surface area contributed by atoms with Gasteiger partial charge in [0.25, 0.3) is 5.91 Å². The fourth-order valence-electron chi connectivity index (χ4n) is 4.42. The van der Waals surface area contributed by atoms with Crippen LogP contribution in [0.15, 0.2) is 72.6 Å². The number of rotatable bonds is 9. The van der Waals surface area contributed by atoms with Crippen LogP contribution in [0.25, 0.3) is 16.5 Å². The lowest BCUT2D eigenvalue weighted by atomic mass is 9.83. The number of nitrogens with one attached hydrogen (secondary N) is 2. The predicted octanol–water partition coefficient (Wildman–Crippen LogP) is 4.12. The van der Waals surface area contributed by atoms with Crippen LogP contribution in [0, 0.1) is 5.82 Å². The second kappa shape index (κ2) is 10.2. The molecule has 1 aromatic heterocycles. The monoisotopic (exact) mass is 464 g/mol. The van der Waals surface area contributed by atoms with E-state index in [1.54, 1.807) is 18.2 Å². The summed E-state index contributed by atoms with van der Waals surface area (Å²) in [7, 11) is 1.45. The van der Waals surface area contributed by atoms with Crippen molar-refractivity contribution in [2.24, 2.45) is 0 Å². The van der Waals surface area contributed by atoms with Crippen LogP contribution in [-0.4, -0.2) is 48.0 Å². The Hall–Kier alpha value is -3.42. The van der Waals surface area contributed by atoms with Gasteiger partial charge in [0.15, 0.2) is 0 Å². The third kappa shape index (κ3) is 4.62. The Morgan fingerprint density at radius 2 is 2.06 bits per heavy atom. The number of fused-ring (bicyclic) bond motifs is 1. The zero-order valence-corrected chi connectivity index (χ0v) is 19.3. The van der Waals surface area contributed by atoms with Gasteiger partial charge in [-0.05, 0) is 54.3 Å². The van der Waals surface area contributed by atoms with Crippen LogP contribution in [0.1, 0.15) is 24.5 Å². The van der Waals surface area contributed by atoms with Crippen LogP contribution in [0.3, 0.4) is 0 Å². The molecule has 2 aromatic carbocycles. The van der Waals surface area contributed by atoms with Gasteiger partial charge < -0.3 is 24.9 Å². The standard InChI is InChI=1S/C27H29FN2O4/c1-3-34-25-12-11-19(18-7-6-8-21(28)13-18)15-27(25,33-2)26(32)30-22(17-31)14-20-16-29-24-10-5-4-9-23(20)24/h4-13,16,22,29,31H,3,14-15,17H2,1-2H3,(H,30,32)/t22-,27?/m1/s1. The topological polar surface area (TPSA) is 83.6 Å². The second-order valence-corrected chi connectivity index (χ2v) is 8.29. The third-order valence-electron chi connectivity index (χ3n) is 6.18. The number of hydrogen-bond acceptors (Lipinski definition) is 4. The highest BCUT2D eigenvalue weighted by molar-refractivity contribution is 5.92. The van der Waals surface area contributed by atoms with Crippen LogP contribution in [-0.2, 0) is 20.7 Å². The van der Waals surface area contributed by atoms with E-state index in [9.17, 15) is 14.3 Å². The molecule has 0 saturated heterocycles. The van der Waals surface area contributed by atoms with Crippen molar-refractivity contribution in [3.05, 3.63) is 89.6 Å². The van der Waals surface area contributed by atoms with Crippen LogP contribution < -0.4 is 5.32 Å². The third-order valence-corrected chi connectivity index (χ3v) is 6.18. The van der Waals surface area contributed by atoms with Crippen molar-refractivity contribution in [2.45, 2.75) is 31.4 Å². The van der Waals surface area contributed by atoms with Gasteiger partial charge in [-0.25, -0.2) is 4.39 Å². The van der Waals surface area contributed by atoms with Crippen LogP contribution in [0.5, 0.6) is 0 Å². The Balaban J connectivity index is 1.60. The maximum Gasteiger partial charge on any atom is 0.260 e. The Kier molecular flexibility index (Phi) is 7.14. The number of halogens is 1. The predicted molar refractivity (Wildman–Crippen MR) is 129 cm³/mol. The Morgan fingerprint density at radius 1 is 1.24 bits per heavy atom. The van der Waals surface area contributed by atoms with Crippen LogP contribution >= 0.6 is 0 Å². The summed E-state index contributed by atoms with van der Waals surface area (Å²) >= 11 is 0. The minimum absolute atomic E-state index is 0.163. The number of para-hydroxylation sites is 1. The molecule has 1 aliphatic carbocycles. The van der Waals surface area contributed by atoms with E-state index in [1.165, 1.54) is 19.2 Å². The number of benzene rings is 2. The fraction of sp³-hybridized carbons (Fsp3) is 0.296. The van der Waals surface area contributed by atoms with E-state index in [0.29, 0.717) is 24.4 Å². The summed E-state index contributed by atoms with van der Waals surface area (Å²) in [4.78, 5) is 16.9.